The highest BCUT2D eigenvalue weighted by Gasteiger charge is 2.21. The van der Waals surface area contributed by atoms with Gasteiger partial charge in [0.15, 0.2) is 5.82 Å². The summed E-state index contributed by atoms with van der Waals surface area (Å²) in [5, 5.41) is 3.95. The van der Waals surface area contributed by atoms with Gasteiger partial charge < -0.3 is 0 Å². The Labute approximate surface area is 141 Å². The zero-order valence-corrected chi connectivity index (χ0v) is 13.5. The Morgan fingerprint density at radius 2 is 1.76 bits per heavy atom. The van der Waals surface area contributed by atoms with E-state index in [2.05, 4.69) is 9.82 Å². The number of nitrogens with one attached hydrogen (secondary N) is 1. The van der Waals surface area contributed by atoms with E-state index in [0.29, 0.717) is 11.6 Å². The number of hydrogen-bond acceptors (Lipinski definition) is 3. The van der Waals surface area contributed by atoms with E-state index >= 15 is 0 Å². The van der Waals surface area contributed by atoms with Crippen molar-refractivity contribution in [3.8, 4) is 0 Å². The molecule has 0 aliphatic carbocycles. The van der Waals surface area contributed by atoms with Crippen LogP contribution in [0.15, 0.2) is 59.6 Å². The predicted molar refractivity (Wildman–Crippen MR) is 84.9 cm³/mol. The van der Waals surface area contributed by atoms with Crippen LogP contribution >= 0.6 is 0 Å². The summed E-state index contributed by atoms with van der Waals surface area (Å²) in [6, 6.07) is 9.53. The molecule has 0 spiro atoms. The fraction of sp³-hybridized carbons (Fsp3) is 0.0625. The summed E-state index contributed by atoms with van der Waals surface area (Å²) in [6.45, 7) is 0.0860. The van der Waals surface area contributed by atoms with E-state index in [1.165, 1.54) is 23.0 Å². The Morgan fingerprint density at radius 1 is 1.00 bits per heavy atom. The highest BCUT2D eigenvalue weighted by Crippen LogP contribution is 2.19. The number of aromatic nitrogens is 2. The molecule has 5 nitrogen and oxygen atoms in total. The van der Waals surface area contributed by atoms with Gasteiger partial charge in [-0.25, -0.2) is 21.6 Å². The summed E-state index contributed by atoms with van der Waals surface area (Å²) in [5.41, 5.74) is 0.371. The highest BCUT2D eigenvalue weighted by atomic mass is 32.2. The minimum atomic E-state index is -4.35. The molecule has 0 fully saturated rings. The van der Waals surface area contributed by atoms with Gasteiger partial charge in [0.1, 0.15) is 22.3 Å². The van der Waals surface area contributed by atoms with E-state index in [1.54, 1.807) is 18.2 Å². The van der Waals surface area contributed by atoms with E-state index < -0.39 is 32.4 Å². The van der Waals surface area contributed by atoms with E-state index in [9.17, 15) is 21.6 Å². The van der Waals surface area contributed by atoms with E-state index in [1.807, 2.05) is 0 Å². The van der Waals surface area contributed by atoms with Crippen molar-refractivity contribution in [3.63, 3.8) is 0 Å². The Kier molecular flexibility index (Phi) is 4.49. The summed E-state index contributed by atoms with van der Waals surface area (Å²) in [6.07, 6.45) is 1.44. The summed E-state index contributed by atoms with van der Waals surface area (Å²) in [4.78, 5) is -0.823. The monoisotopic (exact) mass is 367 g/mol. The van der Waals surface area contributed by atoms with E-state index in [4.69, 9.17) is 0 Å². The Balaban J connectivity index is 1.81. The topological polar surface area (TPSA) is 64.0 Å². The lowest BCUT2D eigenvalue weighted by atomic mass is 10.2. The highest BCUT2D eigenvalue weighted by molar-refractivity contribution is 7.92. The molecule has 0 aliphatic heterocycles. The molecule has 1 aromatic heterocycles. The van der Waals surface area contributed by atoms with Gasteiger partial charge in [-0.2, -0.15) is 5.10 Å². The third kappa shape index (κ3) is 3.82. The van der Waals surface area contributed by atoms with Crippen molar-refractivity contribution < 1.29 is 21.6 Å². The molecule has 0 aliphatic rings. The van der Waals surface area contributed by atoms with Crippen molar-refractivity contribution in [2.24, 2.45) is 0 Å². The molecule has 0 amide bonds. The van der Waals surface area contributed by atoms with Crippen molar-refractivity contribution in [2.75, 3.05) is 4.72 Å². The minimum Gasteiger partial charge on any atom is -0.266 e. The van der Waals surface area contributed by atoms with Crippen molar-refractivity contribution in [2.45, 2.75) is 11.4 Å². The molecule has 0 saturated heterocycles. The molecule has 0 radical (unpaired) electrons. The molecule has 9 heteroatoms. The van der Waals surface area contributed by atoms with Gasteiger partial charge in [0.05, 0.1) is 6.54 Å². The molecular weight excluding hydrogens is 355 g/mol. The number of hydrogen-bond donors (Lipinski definition) is 1. The van der Waals surface area contributed by atoms with E-state index in [0.717, 1.165) is 12.1 Å². The fourth-order valence-corrected chi connectivity index (χ4v) is 3.27. The Hall–Kier alpha value is -2.81. The number of halogens is 3. The molecule has 130 valence electrons. The standard InChI is InChI=1S/C16H12F3N3O2S/c17-12-5-6-14(19)15(9-12)25(23,24)21-16-7-8-22(20-16)10-11-3-1-2-4-13(11)18/h1-9H,10H2,(H,20,21). The van der Waals surface area contributed by atoms with Crippen LogP contribution in [0.2, 0.25) is 0 Å². The summed E-state index contributed by atoms with van der Waals surface area (Å²) >= 11 is 0. The first-order chi connectivity index (χ1) is 11.8. The maximum atomic E-state index is 13.7. The smallest absolute Gasteiger partial charge is 0.266 e. The zero-order chi connectivity index (χ0) is 18.0. The van der Waals surface area contributed by atoms with Gasteiger partial charge in [-0.3, -0.25) is 9.40 Å². The number of nitrogens with zero attached hydrogens (tertiary/aromatic N) is 2. The van der Waals surface area contributed by atoms with Crippen LogP contribution in [0, 0.1) is 17.5 Å². The van der Waals surface area contributed by atoms with Crippen molar-refractivity contribution in [1.29, 1.82) is 0 Å². The number of sulfonamides is 1. The lowest BCUT2D eigenvalue weighted by molar-refractivity contribution is 0.555. The molecule has 1 heterocycles. The normalized spacial score (nSPS) is 11.5. The van der Waals surface area contributed by atoms with Crippen LogP contribution in [-0.2, 0) is 16.6 Å². The second-order valence-electron chi connectivity index (χ2n) is 5.17. The van der Waals surface area contributed by atoms with Crippen LogP contribution in [0.1, 0.15) is 5.56 Å². The lowest BCUT2D eigenvalue weighted by Crippen LogP contribution is -2.15. The lowest BCUT2D eigenvalue weighted by Gasteiger charge is -2.07. The molecule has 2 aromatic carbocycles. The van der Waals surface area contributed by atoms with E-state index in [-0.39, 0.29) is 12.4 Å². The van der Waals surface area contributed by atoms with Crippen LogP contribution in [0.3, 0.4) is 0 Å². The zero-order valence-electron chi connectivity index (χ0n) is 12.7. The van der Waals surface area contributed by atoms with Crippen molar-refractivity contribution in [1.82, 2.24) is 9.78 Å². The number of benzene rings is 2. The number of anilines is 1. The van der Waals surface area contributed by atoms with Gasteiger partial charge in [0, 0.05) is 17.8 Å². The van der Waals surface area contributed by atoms with Gasteiger partial charge in [-0.15, -0.1) is 0 Å². The Bertz CT molecular complexity index is 1020. The number of rotatable bonds is 5. The van der Waals surface area contributed by atoms with Crippen LogP contribution in [0.25, 0.3) is 0 Å². The molecule has 0 atom stereocenters. The van der Waals surface area contributed by atoms with Crippen LogP contribution < -0.4 is 4.72 Å². The first-order valence-electron chi connectivity index (χ1n) is 7.10. The maximum absolute atomic E-state index is 13.7. The third-order valence-corrected chi connectivity index (χ3v) is 4.72. The largest absolute Gasteiger partial charge is 0.266 e. The summed E-state index contributed by atoms with van der Waals surface area (Å²) in [5.74, 6) is -2.48. The molecular formula is C16H12F3N3O2S. The molecule has 25 heavy (non-hydrogen) atoms. The predicted octanol–water partition coefficient (Wildman–Crippen LogP) is 3.15. The van der Waals surface area contributed by atoms with Crippen molar-refractivity contribution >= 4 is 15.8 Å². The first kappa shape index (κ1) is 17.0. The molecule has 1 N–H and O–H groups in total. The average Bonchev–Trinajstić information content (AvgIpc) is 2.98. The molecule has 0 unspecified atom stereocenters. The van der Waals surface area contributed by atoms with Crippen LogP contribution in [0.4, 0.5) is 19.0 Å². The Morgan fingerprint density at radius 3 is 2.52 bits per heavy atom. The van der Waals surface area contributed by atoms with Crippen molar-refractivity contribution in [3.05, 3.63) is 77.7 Å². The quantitative estimate of drug-likeness (QED) is 0.754. The first-order valence-corrected chi connectivity index (χ1v) is 8.58. The summed E-state index contributed by atoms with van der Waals surface area (Å²) in [7, 11) is -4.35. The molecule has 0 saturated carbocycles. The summed E-state index contributed by atoms with van der Waals surface area (Å²) < 4.78 is 68.2. The van der Waals surface area contributed by atoms with Gasteiger partial charge in [0.2, 0.25) is 0 Å². The maximum Gasteiger partial charge on any atom is 0.266 e. The van der Waals surface area contributed by atoms with Gasteiger partial charge in [0.25, 0.3) is 10.0 Å². The van der Waals surface area contributed by atoms with Crippen LogP contribution in [0.5, 0.6) is 0 Å². The second kappa shape index (κ2) is 6.60. The SMILES string of the molecule is O=S(=O)(Nc1ccn(Cc2ccccc2F)n1)c1cc(F)ccc1F. The third-order valence-electron chi connectivity index (χ3n) is 3.35. The second-order valence-corrected chi connectivity index (χ2v) is 6.82. The van der Waals surface area contributed by atoms with Gasteiger partial charge >= 0.3 is 0 Å². The van der Waals surface area contributed by atoms with Gasteiger partial charge in [-0.05, 0) is 24.3 Å². The minimum absolute atomic E-state index is 0.0860. The fourth-order valence-electron chi connectivity index (χ4n) is 2.18. The van der Waals surface area contributed by atoms with Gasteiger partial charge in [-0.1, -0.05) is 18.2 Å². The van der Waals surface area contributed by atoms with Crippen LogP contribution in [-0.4, -0.2) is 18.2 Å². The molecule has 0 bridgehead atoms. The average molecular weight is 367 g/mol. The molecule has 3 aromatic rings. The molecule has 3 rings (SSSR count).